The van der Waals surface area contributed by atoms with Crippen molar-refractivity contribution < 1.29 is 0 Å². The molecule has 0 unspecified atom stereocenters. The minimum absolute atomic E-state index is 0.759. The van der Waals surface area contributed by atoms with Crippen LogP contribution in [0.5, 0.6) is 0 Å². The monoisotopic (exact) mass is 215 g/mol. The third kappa shape index (κ3) is 2.08. The Kier molecular flexibility index (Phi) is 2.68. The number of hydrogen-bond acceptors (Lipinski definition) is 4. The Bertz CT molecular complexity index is 515. The van der Waals surface area contributed by atoms with Crippen molar-refractivity contribution in [3.63, 3.8) is 0 Å². The largest absolute Gasteiger partial charge is 0.352 e. The Morgan fingerprint density at radius 1 is 1.44 bits per heavy atom. The Balaban J connectivity index is 2.32. The summed E-state index contributed by atoms with van der Waals surface area (Å²) in [7, 11) is 1.86. The van der Waals surface area contributed by atoms with Crippen molar-refractivity contribution >= 4 is 17.6 Å². The Morgan fingerprint density at radius 3 is 2.88 bits per heavy atom. The Labute approximate surface area is 93.6 Å². The van der Waals surface area contributed by atoms with Crippen LogP contribution in [0.15, 0.2) is 24.7 Å². The lowest BCUT2D eigenvalue weighted by molar-refractivity contribution is 0.768. The first kappa shape index (κ1) is 10.4. The summed E-state index contributed by atoms with van der Waals surface area (Å²) in [6.07, 6.45) is 6.58. The molecule has 0 aliphatic heterocycles. The molecule has 0 spiro atoms. The fourth-order valence-corrected chi connectivity index (χ4v) is 1.43. The molecule has 0 aliphatic carbocycles. The minimum Gasteiger partial charge on any atom is -0.352 e. The van der Waals surface area contributed by atoms with E-state index < -0.39 is 0 Å². The molecular weight excluding hydrogens is 202 g/mol. The maximum Gasteiger partial charge on any atom is 0.0770 e. The van der Waals surface area contributed by atoms with Crippen LogP contribution in [0.25, 0.3) is 0 Å². The summed E-state index contributed by atoms with van der Waals surface area (Å²) in [6.45, 7) is 1.92. The van der Waals surface area contributed by atoms with Gasteiger partial charge in [-0.3, -0.25) is 9.67 Å². The topological polar surface area (TPSA) is 66.6 Å². The number of anilines is 2. The molecule has 5 heteroatoms. The smallest absolute Gasteiger partial charge is 0.0770 e. The summed E-state index contributed by atoms with van der Waals surface area (Å²) in [5.41, 5.74) is 3.44. The summed E-state index contributed by atoms with van der Waals surface area (Å²) >= 11 is 0. The van der Waals surface area contributed by atoms with Gasteiger partial charge in [0.1, 0.15) is 0 Å². The lowest BCUT2D eigenvalue weighted by Crippen LogP contribution is -1.97. The second kappa shape index (κ2) is 4.14. The van der Waals surface area contributed by atoms with E-state index in [0.29, 0.717) is 0 Å². The van der Waals surface area contributed by atoms with Gasteiger partial charge in [-0.15, -0.1) is 0 Å². The summed E-state index contributed by atoms with van der Waals surface area (Å²) in [5.74, 6) is 0. The standard InChI is InChI=1S/C11H13N5/c1-8-3-11(9(4-12)5-13-8)15-10-6-14-16(2)7-10/h3-7,12H,1-2H3,(H,13,15). The van der Waals surface area contributed by atoms with Crippen molar-refractivity contribution in [2.75, 3.05) is 5.32 Å². The number of hydrogen-bond donors (Lipinski definition) is 2. The van der Waals surface area contributed by atoms with Crippen LogP contribution < -0.4 is 5.32 Å². The Hall–Kier alpha value is -2.17. The van der Waals surface area contributed by atoms with E-state index in [9.17, 15) is 0 Å². The quantitative estimate of drug-likeness (QED) is 0.768. The lowest BCUT2D eigenvalue weighted by Gasteiger charge is -2.07. The molecule has 0 bridgehead atoms. The molecule has 0 fully saturated rings. The SMILES string of the molecule is Cc1cc(Nc2cnn(C)c2)c(C=N)cn1. The number of aryl methyl sites for hydroxylation is 2. The summed E-state index contributed by atoms with van der Waals surface area (Å²) < 4.78 is 1.72. The van der Waals surface area contributed by atoms with Crippen LogP contribution >= 0.6 is 0 Å². The molecule has 2 aromatic rings. The van der Waals surface area contributed by atoms with Gasteiger partial charge in [-0.2, -0.15) is 5.10 Å². The normalized spacial score (nSPS) is 10.1. The number of aromatic nitrogens is 3. The van der Waals surface area contributed by atoms with Crippen LogP contribution in [-0.2, 0) is 7.05 Å². The highest BCUT2D eigenvalue weighted by atomic mass is 15.3. The molecule has 0 saturated heterocycles. The molecule has 0 amide bonds. The molecule has 0 aromatic carbocycles. The average Bonchev–Trinajstić information content (AvgIpc) is 2.64. The zero-order valence-electron chi connectivity index (χ0n) is 9.23. The van der Waals surface area contributed by atoms with Crippen LogP contribution in [0.1, 0.15) is 11.3 Å². The first-order chi connectivity index (χ1) is 7.69. The number of nitrogens with zero attached hydrogens (tertiary/aromatic N) is 3. The molecule has 2 N–H and O–H groups in total. The first-order valence-corrected chi connectivity index (χ1v) is 4.92. The molecule has 2 heterocycles. The van der Waals surface area contributed by atoms with Gasteiger partial charge >= 0.3 is 0 Å². The van der Waals surface area contributed by atoms with E-state index in [1.807, 2.05) is 26.2 Å². The van der Waals surface area contributed by atoms with Gasteiger partial charge in [-0.25, -0.2) is 0 Å². The molecule has 82 valence electrons. The average molecular weight is 215 g/mol. The van der Waals surface area contributed by atoms with Crippen LogP contribution in [0.3, 0.4) is 0 Å². The van der Waals surface area contributed by atoms with Gasteiger partial charge in [0.2, 0.25) is 0 Å². The van der Waals surface area contributed by atoms with E-state index in [2.05, 4.69) is 15.4 Å². The predicted octanol–water partition coefficient (Wildman–Crippen LogP) is 1.86. The van der Waals surface area contributed by atoms with Crippen LogP contribution in [0.4, 0.5) is 11.4 Å². The fraction of sp³-hybridized carbons (Fsp3) is 0.182. The highest BCUT2D eigenvalue weighted by molar-refractivity contribution is 5.86. The predicted molar refractivity (Wildman–Crippen MR) is 63.4 cm³/mol. The lowest BCUT2D eigenvalue weighted by atomic mass is 10.2. The van der Waals surface area contributed by atoms with Crippen molar-refractivity contribution in [3.05, 3.63) is 35.9 Å². The maximum atomic E-state index is 7.30. The molecule has 0 saturated carbocycles. The minimum atomic E-state index is 0.759. The summed E-state index contributed by atoms with van der Waals surface area (Å²) in [4.78, 5) is 4.15. The van der Waals surface area contributed by atoms with Gasteiger partial charge in [-0.1, -0.05) is 0 Å². The molecule has 0 radical (unpaired) electrons. The highest BCUT2D eigenvalue weighted by Crippen LogP contribution is 2.19. The van der Waals surface area contributed by atoms with Gasteiger partial charge in [0.05, 0.1) is 17.6 Å². The van der Waals surface area contributed by atoms with Gasteiger partial charge in [0.15, 0.2) is 0 Å². The van der Waals surface area contributed by atoms with Crippen molar-refractivity contribution in [1.82, 2.24) is 14.8 Å². The van der Waals surface area contributed by atoms with Gasteiger partial charge in [0, 0.05) is 36.9 Å². The number of pyridine rings is 1. The van der Waals surface area contributed by atoms with Gasteiger partial charge in [0.25, 0.3) is 0 Å². The third-order valence-electron chi connectivity index (χ3n) is 2.21. The number of rotatable bonds is 3. The molecule has 2 rings (SSSR count). The Morgan fingerprint density at radius 2 is 2.25 bits per heavy atom. The molecule has 0 atom stereocenters. The zero-order valence-corrected chi connectivity index (χ0v) is 9.23. The van der Waals surface area contributed by atoms with Crippen LogP contribution in [0.2, 0.25) is 0 Å². The van der Waals surface area contributed by atoms with Crippen molar-refractivity contribution in [1.29, 1.82) is 5.41 Å². The van der Waals surface area contributed by atoms with E-state index in [4.69, 9.17) is 5.41 Å². The number of nitrogens with one attached hydrogen (secondary N) is 2. The fourth-order valence-electron chi connectivity index (χ4n) is 1.43. The van der Waals surface area contributed by atoms with Crippen molar-refractivity contribution in [2.45, 2.75) is 6.92 Å². The molecule has 16 heavy (non-hydrogen) atoms. The van der Waals surface area contributed by atoms with Gasteiger partial charge in [-0.05, 0) is 13.0 Å². The summed E-state index contributed by atoms with van der Waals surface area (Å²) in [6, 6.07) is 1.91. The second-order valence-corrected chi connectivity index (χ2v) is 3.58. The van der Waals surface area contributed by atoms with E-state index in [1.165, 1.54) is 6.21 Å². The van der Waals surface area contributed by atoms with Crippen molar-refractivity contribution in [2.24, 2.45) is 7.05 Å². The van der Waals surface area contributed by atoms with E-state index in [0.717, 1.165) is 22.6 Å². The van der Waals surface area contributed by atoms with Crippen LogP contribution in [0, 0.1) is 12.3 Å². The zero-order chi connectivity index (χ0) is 11.5. The van der Waals surface area contributed by atoms with Gasteiger partial charge < -0.3 is 10.7 Å². The van der Waals surface area contributed by atoms with Crippen molar-refractivity contribution in [3.8, 4) is 0 Å². The molecule has 0 aliphatic rings. The molecule has 5 nitrogen and oxygen atoms in total. The molecular formula is C11H13N5. The van der Waals surface area contributed by atoms with E-state index in [-0.39, 0.29) is 0 Å². The second-order valence-electron chi connectivity index (χ2n) is 3.58. The summed E-state index contributed by atoms with van der Waals surface area (Å²) in [5, 5.41) is 14.6. The first-order valence-electron chi connectivity index (χ1n) is 4.92. The highest BCUT2D eigenvalue weighted by Gasteiger charge is 2.03. The van der Waals surface area contributed by atoms with E-state index >= 15 is 0 Å². The third-order valence-corrected chi connectivity index (χ3v) is 2.21. The maximum absolute atomic E-state index is 7.30. The molecule has 2 aromatic heterocycles. The van der Waals surface area contributed by atoms with Crippen LogP contribution in [-0.4, -0.2) is 21.0 Å². The van der Waals surface area contributed by atoms with E-state index in [1.54, 1.807) is 17.1 Å².